The SMILES string of the molecule is [BaH2].[O]=[Nb](=[O])[OH].[O]=[Nb](=[O])[OH].[O]=[Nb](=[O])[OH]. The number of hydrogen-bond donors (Lipinski definition) is 3. The monoisotopic (exact) mass is 566 g/mol. The van der Waals surface area contributed by atoms with Gasteiger partial charge in [-0.15, -0.1) is 0 Å². The summed E-state index contributed by atoms with van der Waals surface area (Å²) in [6, 6.07) is 0. The molecule has 13 heavy (non-hydrogen) atoms. The van der Waals surface area contributed by atoms with Crippen LogP contribution in [0.4, 0.5) is 0 Å². The first-order valence-electron chi connectivity index (χ1n) is 1.70. The predicted molar refractivity (Wildman–Crippen MR) is 19.3 cm³/mol. The zero-order valence-electron chi connectivity index (χ0n) is 5.13. The van der Waals surface area contributed by atoms with Crippen LogP contribution in [-0.2, 0) is 75.9 Å². The predicted octanol–water partition coefficient (Wildman–Crippen LogP) is -3.31. The van der Waals surface area contributed by atoms with Gasteiger partial charge in [-0.2, -0.15) is 0 Å². The Bertz CT molecular complexity index is 208. The summed E-state index contributed by atoms with van der Waals surface area (Å²) in [7, 11) is 0. The standard InChI is InChI=1S/Ba.3Nb.3H2O.6O.2H/h;;;;3*1H2;;;;;;;;/q;3*+1;;;;;;;;;;;/p-3. The zero-order valence-corrected chi connectivity index (χ0v) is 11.7. The van der Waals surface area contributed by atoms with Crippen molar-refractivity contribution in [3.63, 3.8) is 0 Å². The fourth-order valence-corrected chi connectivity index (χ4v) is 0. The summed E-state index contributed by atoms with van der Waals surface area (Å²) in [6.45, 7) is 0. The third-order valence-electron chi connectivity index (χ3n) is 0. The van der Waals surface area contributed by atoms with Crippen molar-refractivity contribution in [2.75, 3.05) is 0 Å². The topological polar surface area (TPSA) is 163 Å². The van der Waals surface area contributed by atoms with E-state index in [1.54, 1.807) is 0 Å². The van der Waals surface area contributed by atoms with Gasteiger partial charge in [-0.05, 0) is 0 Å². The molecular weight excluding hydrogens is 560 g/mol. The van der Waals surface area contributed by atoms with Crippen LogP contribution in [0.5, 0.6) is 0 Å². The van der Waals surface area contributed by atoms with Gasteiger partial charge in [0.05, 0.1) is 0 Å². The Kier molecular flexibility index (Phi) is 37.8. The zero-order chi connectivity index (χ0) is 10.7. The molecule has 13 heteroatoms. The molecule has 0 radical (unpaired) electrons. The first-order valence-corrected chi connectivity index (χ1v) is 10.0. The Morgan fingerprint density at radius 1 is 0.538 bits per heavy atom. The van der Waals surface area contributed by atoms with Crippen molar-refractivity contribution in [2.45, 2.75) is 0 Å². The maximum absolute atomic E-state index is 8.71. The van der Waals surface area contributed by atoms with Crippen LogP contribution in [0.1, 0.15) is 0 Å². The van der Waals surface area contributed by atoms with Gasteiger partial charge in [-0.25, -0.2) is 0 Å². The van der Waals surface area contributed by atoms with Gasteiger partial charge in [0.1, 0.15) is 0 Å². The Balaban J connectivity index is -0.0000000450. The van der Waals surface area contributed by atoms with E-state index in [0.29, 0.717) is 0 Å². The van der Waals surface area contributed by atoms with E-state index in [1.807, 2.05) is 0 Å². The first-order chi connectivity index (χ1) is 5.20. The minimum absolute atomic E-state index is 0. The number of rotatable bonds is 0. The van der Waals surface area contributed by atoms with Gasteiger partial charge in [-0.3, -0.25) is 0 Å². The second-order valence-electron chi connectivity index (χ2n) is 0.714. The summed E-state index contributed by atoms with van der Waals surface area (Å²) in [5.41, 5.74) is 0. The van der Waals surface area contributed by atoms with Crippen LogP contribution in [0.3, 0.4) is 0 Å². The molecule has 0 unspecified atom stereocenters. The molecule has 0 aromatic rings. The Morgan fingerprint density at radius 3 is 0.538 bits per heavy atom. The van der Waals surface area contributed by atoms with Gasteiger partial charge < -0.3 is 0 Å². The van der Waals surface area contributed by atoms with Crippen LogP contribution in [0.15, 0.2) is 0 Å². The normalized spacial score (nSPS) is 5.77. The summed E-state index contributed by atoms with van der Waals surface area (Å²) < 4.78 is 73.6. The van der Waals surface area contributed by atoms with Crippen molar-refractivity contribution >= 4 is 48.9 Å². The Hall–Kier alpha value is 2.47. The van der Waals surface area contributed by atoms with E-state index in [1.165, 1.54) is 0 Å². The van der Waals surface area contributed by atoms with Crippen molar-refractivity contribution in [1.29, 1.82) is 0 Å². The van der Waals surface area contributed by atoms with Gasteiger partial charge in [0.2, 0.25) is 0 Å². The first kappa shape index (κ1) is 24.6. The van der Waals surface area contributed by atoms with Gasteiger partial charge >= 0.3 is 136 Å². The van der Waals surface area contributed by atoms with Gasteiger partial charge in [-0.1, -0.05) is 0 Å². The molecule has 0 aliphatic rings. The quantitative estimate of drug-likeness (QED) is 0.256. The molecule has 0 fully saturated rings. The second kappa shape index (κ2) is 20.0. The fraction of sp³-hybridized carbons (Fsp3) is 0. The van der Waals surface area contributed by atoms with Crippen molar-refractivity contribution in [3.05, 3.63) is 0 Å². The molecule has 9 nitrogen and oxygen atoms in total. The summed E-state index contributed by atoms with van der Waals surface area (Å²) in [5.74, 6) is 0. The summed E-state index contributed by atoms with van der Waals surface area (Å²) in [6.07, 6.45) is 0. The summed E-state index contributed by atoms with van der Waals surface area (Å²) in [5, 5.41) is 0. The van der Waals surface area contributed by atoms with Gasteiger partial charge in [0, 0.05) is 0 Å². The molecule has 3 N–H and O–H groups in total. The van der Waals surface area contributed by atoms with Crippen LogP contribution in [0.25, 0.3) is 0 Å². The fourth-order valence-electron chi connectivity index (χ4n) is 0. The van der Waals surface area contributed by atoms with Crippen molar-refractivity contribution < 1.29 is 86.7 Å². The van der Waals surface area contributed by atoms with Crippen LogP contribution in [-0.4, -0.2) is 59.7 Å². The summed E-state index contributed by atoms with van der Waals surface area (Å²) >= 11 is -11.9. The molecule has 0 heterocycles. The van der Waals surface area contributed by atoms with Crippen molar-refractivity contribution in [3.8, 4) is 0 Å². The minimum atomic E-state index is -3.95. The van der Waals surface area contributed by atoms with E-state index in [2.05, 4.69) is 0 Å². The van der Waals surface area contributed by atoms with Gasteiger partial charge in [0.25, 0.3) is 0 Å². The second-order valence-corrected chi connectivity index (χ2v) is 4.22. The van der Waals surface area contributed by atoms with Gasteiger partial charge in [0.15, 0.2) is 0 Å². The molecule has 0 aromatic carbocycles. The molecule has 0 aliphatic heterocycles. The van der Waals surface area contributed by atoms with Crippen LogP contribution in [0.2, 0.25) is 0 Å². The molecule has 0 saturated heterocycles. The third kappa shape index (κ3) is 368. The Labute approximate surface area is 132 Å². The molecular formula is H5BaNb3O9. The molecule has 0 spiro atoms. The summed E-state index contributed by atoms with van der Waals surface area (Å²) in [4.78, 5) is 0. The molecule has 0 bridgehead atoms. The molecule has 0 aliphatic carbocycles. The van der Waals surface area contributed by atoms with E-state index in [9.17, 15) is 0 Å². The van der Waals surface area contributed by atoms with Crippen LogP contribution < -0.4 is 0 Å². The van der Waals surface area contributed by atoms with E-state index in [0.717, 1.165) is 0 Å². The average Bonchev–Trinajstić information content (AvgIpc) is 1.54. The van der Waals surface area contributed by atoms with Crippen molar-refractivity contribution in [1.82, 2.24) is 0 Å². The third-order valence-corrected chi connectivity index (χ3v) is 0. The van der Waals surface area contributed by atoms with E-state index in [-0.39, 0.29) is 48.9 Å². The number of hydrogen-bond acceptors (Lipinski definition) is 6. The maximum atomic E-state index is 8.71. The molecule has 0 atom stereocenters. The average molecular weight is 565 g/mol. The molecule has 0 aromatic heterocycles. The molecule has 0 saturated carbocycles. The Morgan fingerprint density at radius 2 is 0.538 bits per heavy atom. The molecule has 0 amide bonds. The van der Waals surface area contributed by atoms with Crippen LogP contribution in [0, 0.1) is 0 Å². The van der Waals surface area contributed by atoms with Crippen molar-refractivity contribution in [2.24, 2.45) is 0 Å². The van der Waals surface area contributed by atoms with E-state index in [4.69, 9.17) is 30.3 Å². The van der Waals surface area contributed by atoms with Crippen LogP contribution >= 0.6 is 0 Å². The van der Waals surface area contributed by atoms with E-state index >= 15 is 0 Å². The molecule has 76 valence electrons. The molecule has 0 rings (SSSR count). The van der Waals surface area contributed by atoms with E-state index < -0.39 is 56.4 Å².